The van der Waals surface area contributed by atoms with Gasteiger partial charge in [-0.2, -0.15) is 0 Å². The molecule has 0 saturated heterocycles. The fourth-order valence-corrected chi connectivity index (χ4v) is 1.69. The molecule has 0 bridgehead atoms. The lowest BCUT2D eigenvalue weighted by Gasteiger charge is -2.09. The van der Waals surface area contributed by atoms with Crippen LogP contribution in [0.3, 0.4) is 0 Å². The molecule has 2 aromatic rings. The first-order chi connectivity index (χ1) is 6.68. The third kappa shape index (κ3) is 1.49. The number of hydrogen-bond donors (Lipinski definition) is 1. The van der Waals surface area contributed by atoms with Crippen molar-refractivity contribution in [2.75, 3.05) is 0 Å². The van der Waals surface area contributed by atoms with Crippen LogP contribution in [0.5, 0.6) is 0 Å². The minimum atomic E-state index is -0.465. The monoisotopic (exact) mass is 187 g/mol. The van der Waals surface area contributed by atoms with Crippen LogP contribution < -0.4 is 0 Å². The molecule has 2 nitrogen and oxygen atoms in total. The topological polar surface area (TPSA) is 33.1 Å². The average Bonchev–Trinajstić information content (AvgIpc) is 2.16. The number of aliphatic hydroxyl groups is 1. The second-order valence-corrected chi connectivity index (χ2v) is 3.61. The van der Waals surface area contributed by atoms with Crippen LogP contribution in [0.15, 0.2) is 30.5 Å². The van der Waals surface area contributed by atoms with Gasteiger partial charge in [-0.1, -0.05) is 17.7 Å². The lowest BCUT2D eigenvalue weighted by Crippen LogP contribution is -1.95. The van der Waals surface area contributed by atoms with Crippen molar-refractivity contribution in [1.29, 1.82) is 0 Å². The van der Waals surface area contributed by atoms with Crippen molar-refractivity contribution in [3.63, 3.8) is 0 Å². The fraction of sp³-hybridized carbons (Fsp3) is 0.250. The molecule has 0 aliphatic heterocycles. The summed E-state index contributed by atoms with van der Waals surface area (Å²) in [4.78, 5) is 4.28. The predicted octanol–water partition coefficient (Wildman–Crippen LogP) is 2.60. The van der Waals surface area contributed by atoms with E-state index in [1.54, 1.807) is 13.1 Å². The molecule has 1 aromatic heterocycles. The highest BCUT2D eigenvalue weighted by Crippen LogP contribution is 2.23. The fourth-order valence-electron chi connectivity index (χ4n) is 1.69. The minimum Gasteiger partial charge on any atom is -0.389 e. The third-order valence-electron chi connectivity index (χ3n) is 2.33. The van der Waals surface area contributed by atoms with Crippen LogP contribution in [0.1, 0.15) is 24.2 Å². The van der Waals surface area contributed by atoms with Crippen molar-refractivity contribution in [3.05, 3.63) is 41.6 Å². The second-order valence-electron chi connectivity index (χ2n) is 3.61. The van der Waals surface area contributed by atoms with Gasteiger partial charge in [0.1, 0.15) is 0 Å². The van der Waals surface area contributed by atoms with Crippen LogP contribution in [0.4, 0.5) is 0 Å². The van der Waals surface area contributed by atoms with Gasteiger partial charge in [0.2, 0.25) is 0 Å². The summed E-state index contributed by atoms with van der Waals surface area (Å²) >= 11 is 0. The molecular formula is C12H13NO. The number of pyridine rings is 1. The molecule has 0 fully saturated rings. The van der Waals surface area contributed by atoms with Crippen molar-refractivity contribution in [2.45, 2.75) is 20.0 Å². The van der Waals surface area contributed by atoms with Crippen molar-refractivity contribution in [2.24, 2.45) is 0 Å². The lowest BCUT2D eigenvalue weighted by molar-refractivity contribution is 0.200. The molecule has 0 radical (unpaired) electrons. The van der Waals surface area contributed by atoms with Crippen LogP contribution >= 0.6 is 0 Å². The highest BCUT2D eigenvalue weighted by atomic mass is 16.3. The highest BCUT2D eigenvalue weighted by molar-refractivity contribution is 5.82. The van der Waals surface area contributed by atoms with Gasteiger partial charge in [-0.3, -0.25) is 4.98 Å². The number of benzene rings is 1. The Balaban J connectivity index is 2.80. The molecule has 1 N–H and O–H groups in total. The number of hydrogen-bond acceptors (Lipinski definition) is 2. The SMILES string of the molecule is Cc1cc(C(C)O)c2ncccc2c1. The number of rotatable bonds is 1. The van der Waals surface area contributed by atoms with Gasteiger partial charge in [-0.05, 0) is 26.0 Å². The first-order valence-electron chi connectivity index (χ1n) is 4.72. The van der Waals surface area contributed by atoms with Gasteiger partial charge in [0.05, 0.1) is 11.6 Å². The zero-order valence-electron chi connectivity index (χ0n) is 8.36. The Kier molecular flexibility index (Phi) is 2.22. The maximum absolute atomic E-state index is 9.61. The van der Waals surface area contributed by atoms with E-state index in [4.69, 9.17) is 0 Å². The Labute approximate surface area is 83.2 Å². The summed E-state index contributed by atoms with van der Waals surface area (Å²) in [6, 6.07) is 7.99. The lowest BCUT2D eigenvalue weighted by atomic mass is 10.0. The smallest absolute Gasteiger partial charge is 0.0783 e. The highest BCUT2D eigenvalue weighted by Gasteiger charge is 2.07. The molecule has 1 heterocycles. The van der Waals surface area contributed by atoms with E-state index in [-0.39, 0.29) is 0 Å². The van der Waals surface area contributed by atoms with E-state index < -0.39 is 6.10 Å². The summed E-state index contributed by atoms with van der Waals surface area (Å²) in [5.74, 6) is 0. The van der Waals surface area contributed by atoms with Crippen molar-refractivity contribution in [1.82, 2.24) is 4.98 Å². The van der Waals surface area contributed by atoms with E-state index in [1.165, 1.54) is 0 Å². The normalized spacial score (nSPS) is 13.1. The maximum atomic E-state index is 9.61. The first kappa shape index (κ1) is 9.16. The van der Waals surface area contributed by atoms with E-state index >= 15 is 0 Å². The zero-order chi connectivity index (χ0) is 10.1. The maximum Gasteiger partial charge on any atom is 0.0783 e. The van der Waals surface area contributed by atoms with Crippen LogP contribution in [0, 0.1) is 6.92 Å². The van der Waals surface area contributed by atoms with E-state index in [0.29, 0.717) is 0 Å². The van der Waals surface area contributed by atoms with E-state index in [9.17, 15) is 5.11 Å². The second kappa shape index (κ2) is 3.39. The molecule has 0 aliphatic rings. The quantitative estimate of drug-likeness (QED) is 0.744. The van der Waals surface area contributed by atoms with Crippen molar-refractivity contribution >= 4 is 10.9 Å². The van der Waals surface area contributed by atoms with Crippen molar-refractivity contribution < 1.29 is 5.11 Å². The number of fused-ring (bicyclic) bond motifs is 1. The van der Waals surface area contributed by atoms with Gasteiger partial charge < -0.3 is 5.11 Å². The number of aryl methyl sites for hydroxylation is 1. The van der Waals surface area contributed by atoms with E-state index in [1.807, 2.05) is 25.1 Å². The molecule has 72 valence electrons. The molecule has 0 saturated carbocycles. The summed E-state index contributed by atoms with van der Waals surface area (Å²) in [7, 11) is 0. The minimum absolute atomic E-state index is 0.465. The van der Waals surface area contributed by atoms with Crippen molar-refractivity contribution in [3.8, 4) is 0 Å². The summed E-state index contributed by atoms with van der Waals surface area (Å²) in [6.45, 7) is 3.79. The summed E-state index contributed by atoms with van der Waals surface area (Å²) in [6.07, 6.45) is 1.29. The summed E-state index contributed by atoms with van der Waals surface area (Å²) in [5, 5.41) is 10.7. The van der Waals surface area contributed by atoms with Gasteiger partial charge in [0, 0.05) is 17.1 Å². The van der Waals surface area contributed by atoms with Gasteiger partial charge >= 0.3 is 0 Å². The molecule has 0 aliphatic carbocycles. The molecule has 0 spiro atoms. The van der Waals surface area contributed by atoms with Crippen LogP contribution in [0.2, 0.25) is 0 Å². The number of aromatic nitrogens is 1. The number of aliphatic hydroxyl groups excluding tert-OH is 1. The van der Waals surface area contributed by atoms with Crippen LogP contribution in [0.25, 0.3) is 10.9 Å². The first-order valence-corrected chi connectivity index (χ1v) is 4.72. The Morgan fingerprint density at radius 2 is 2.14 bits per heavy atom. The molecule has 0 amide bonds. The van der Waals surface area contributed by atoms with Gasteiger partial charge in [-0.15, -0.1) is 0 Å². The summed E-state index contributed by atoms with van der Waals surface area (Å²) < 4.78 is 0. The third-order valence-corrected chi connectivity index (χ3v) is 2.33. The Bertz CT molecular complexity index is 463. The largest absolute Gasteiger partial charge is 0.389 e. The van der Waals surface area contributed by atoms with E-state index in [2.05, 4.69) is 11.1 Å². The summed E-state index contributed by atoms with van der Waals surface area (Å²) in [5.41, 5.74) is 2.95. The van der Waals surface area contributed by atoms with E-state index in [0.717, 1.165) is 22.0 Å². The standard InChI is InChI=1S/C12H13NO/c1-8-6-10-4-3-5-13-12(10)11(7-8)9(2)14/h3-7,9,14H,1-2H3. The molecule has 1 unspecified atom stereocenters. The molecule has 1 atom stereocenters. The van der Waals surface area contributed by atoms with Crippen LogP contribution in [-0.2, 0) is 0 Å². The van der Waals surface area contributed by atoms with Gasteiger partial charge in [-0.25, -0.2) is 0 Å². The number of nitrogens with zero attached hydrogens (tertiary/aromatic N) is 1. The molecule has 2 heteroatoms. The Morgan fingerprint density at radius 1 is 1.36 bits per heavy atom. The molecule has 1 aromatic carbocycles. The Hall–Kier alpha value is -1.41. The Morgan fingerprint density at radius 3 is 2.86 bits per heavy atom. The zero-order valence-corrected chi connectivity index (χ0v) is 8.36. The van der Waals surface area contributed by atoms with Gasteiger partial charge in [0.15, 0.2) is 0 Å². The average molecular weight is 187 g/mol. The predicted molar refractivity (Wildman–Crippen MR) is 57.1 cm³/mol. The van der Waals surface area contributed by atoms with Crippen LogP contribution in [-0.4, -0.2) is 10.1 Å². The molecular weight excluding hydrogens is 174 g/mol. The molecule has 14 heavy (non-hydrogen) atoms. The van der Waals surface area contributed by atoms with Gasteiger partial charge in [0.25, 0.3) is 0 Å². The molecule has 2 rings (SSSR count).